The van der Waals surface area contributed by atoms with E-state index in [1.54, 1.807) is 17.9 Å². The minimum absolute atomic E-state index is 0.0374. The number of hydrogen-bond acceptors (Lipinski definition) is 4. The summed E-state index contributed by atoms with van der Waals surface area (Å²) in [5.74, 6) is -0.385. The van der Waals surface area contributed by atoms with Gasteiger partial charge in [0.1, 0.15) is 0 Å². The fourth-order valence-corrected chi connectivity index (χ4v) is 3.57. The standard InChI is InChI=1S/C24H28N2O4/c1-4-5-13-25-23(27)15-20(17-29-2)26(25)16-18-11-12-21(19-9-7-6-8-10-19)22(14-18)24(28)30-3/h6-12,14-15H,4-5,13,16-17H2,1-3H3. The zero-order chi connectivity index (χ0) is 21.5. The normalized spacial score (nSPS) is 10.9. The number of carbonyl (C=O) groups excluding carboxylic acids is 1. The van der Waals surface area contributed by atoms with Crippen LogP contribution in [0, 0.1) is 0 Å². The van der Waals surface area contributed by atoms with Gasteiger partial charge in [0.05, 0.1) is 31.5 Å². The molecule has 3 aromatic rings. The maximum atomic E-state index is 12.5. The Morgan fingerprint density at radius 1 is 1.00 bits per heavy atom. The first kappa shape index (κ1) is 21.6. The lowest BCUT2D eigenvalue weighted by Crippen LogP contribution is -2.24. The maximum Gasteiger partial charge on any atom is 0.338 e. The number of benzene rings is 2. The molecule has 3 rings (SSSR count). The van der Waals surface area contributed by atoms with Crippen LogP contribution in [0.3, 0.4) is 0 Å². The fourth-order valence-electron chi connectivity index (χ4n) is 3.57. The van der Waals surface area contributed by atoms with Crippen LogP contribution in [0.15, 0.2) is 59.4 Å². The molecule has 0 saturated carbocycles. The predicted octanol–water partition coefficient (Wildman–Crippen LogP) is 4.10. The topological polar surface area (TPSA) is 62.5 Å². The Bertz CT molecular complexity index is 1050. The Kier molecular flexibility index (Phi) is 7.25. The van der Waals surface area contributed by atoms with Crippen LogP contribution >= 0.6 is 0 Å². The second kappa shape index (κ2) is 10.1. The molecule has 0 spiro atoms. The molecule has 0 aliphatic carbocycles. The van der Waals surface area contributed by atoms with E-state index in [0.717, 1.165) is 35.2 Å². The Morgan fingerprint density at radius 3 is 2.43 bits per heavy atom. The maximum absolute atomic E-state index is 12.5. The van der Waals surface area contributed by atoms with E-state index in [0.29, 0.717) is 25.3 Å². The number of ether oxygens (including phenoxy) is 2. The minimum atomic E-state index is -0.385. The number of nitrogens with zero attached hydrogens (tertiary/aromatic N) is 2. The van der Waals surface area contributed by atoms with Crippen LogP contribution in [0.1, 0.15) is 41.4 Å². The van der Waals surface area contributed by atoms with Gasteiger partial charge in [-0.25, -0.2) is 4.79 Å². The second-order valence-corrected chi connectivity index (χ2v) is 7.18. The molecule has 1 heterocycles. The summed E-state index contributed by atoms with van der Waals surface area (Å²) in [6.07, 6.45) is 1.91. The molecule has 0 fully saturated rings. The molecule has 0 atom stereocenters. The molecule has 0 unspecified atom stereocenters. The van der Waals surface area contributed by atoms with Crippen LogP contribution in [0.5, 0.6) is 0 Å². The van der Waals surface area contributed by atoms with Crippen LogP contribution in [-0.2, 0) is 29.2 Å². The van der Waals surface area contributed by atoms with Crippen molar-refractivity contribution in [2.45, 2.75) is 39.5 Å². The molecule has 30 heavy (non-hydrogen) atoms. The highest BCUT2D eigenvalue weighted by molar-refractivity contribution is 5.97. The van der Waals surface area contributed by atoms with Crippen molar-refractivity contribution in [2.75, 3.05) is 14.2 Å². The number of esters is 1. The van der Waals surface area contributed by atoms with E-state index in [4.69, 9.17) is 9.47 Å². The van der Waals surface area contributed by atoms with Crippen molar-refractivity contribution in [1.29, 1.82) is 0 Å². The highest BCUT2D eigenvalue weighted by Crippen LogP contribution is 2.26. The van der Waals surface area contributed by atoms with Crippen molar-refractivity contribution >= 4 is 5.97 Å². The van der Waals surface area contributed by atoms with Gasteiger partial charge >= 0.3 is 5.97 Å². The zero-order valence-electron chi connectivity index (χ0n) is 17.8. The van der Waals surface area contributed by atoms with E-state index < -0.39 is 0 Å². The van der Waals surface area contributed by atoms with Gasteiger partial charge in [-0.15, -0.1) is 0 Å². The highest BCUT2D eigenvalue weighted by Gasteiger charge is 2.16. The van der Waals surface area contributed by atoms with Crippen LogP contribution in [0.2, 0.25) is 0 Å². The zero-order valence-corrected chi connectivity index (χ0v) is 17.8. The third-order valence-electron chi connectivity index (χ3n) is 5.09. The summed E-state index contributed by atoms with van der Waals surface area (Å²) in [6.45, 7) is 3.55. The van der Waals surface area contributed by atoms with Gasteiger partial charge in [-0.3, -0.25) is 14.2 Å². The monoisotopic (exact) mass is 408 g/mol. The molecule has 6 heteroatoms. The van der Waals surface area contributed by atoms with Crippen LogP contribution in [0.25, 0.3) is 11.1 Å². The van der Waals surface area contributed by atoms with Crippen LogP contribution in [-0.4, -0.2) is 29.6 Å². The van der Waals surface area contributed by atoms with Gasteiger partial charge in [0.15, 0.2) is 0 Å². The minimum Gasteiger partial charge on any atom is -0.465 e. The largest absolute Gasteiger partial charge is 0.465 e. The Hall–Kier alpha value is -3.12. The Morgan fingerprint density at radius 2 is 1.77 bits per heavy atom. The quantitative estimate of drug-likeness (QED) is 0.500. The molecular formula is C24H28N2O4. The predicted molar refractivity (Wildman–Crippen MR) is 117 cm³/mol. The number of rotatable bonds is 9. The van der Waals surface area contributed by atoms with Crippen molar-refractivity contribution in [3.05, 3.63) is 81.8 Å². The van der Waals surface area contributed by atoms with Crippen molar-refractivity contribution in [1.82, 2.24) is 9.36 Å². The Labute approximate surface area is 176 Å². The summed E-state index contributed by atoms with van der Waals surface area (Å²) in [7, 11) is 3.00. The van der Waals surface area contributed by atoms with E-state index in [9.17, 15) is 9.59 Å². The summed E-state index contributed by atoms with van der Waals surface area (Å²) in [4.78, 5) is 25.0. The Balaban J connectivity index is 2.03. The molecule has 0 aliphatic heterocycles. The van der Waals surface area contributed by atoms with E-state index in [1.165, 1.54) is 7.11 Å². The van der Waals surface area contributed by atoms with E-state index >= 15 is 0 Å². The molecule has 158 valence electrons. The summed E-state index contributed by atoms with van der Waals surface area (Å²) < 4.78 is 14.0. The van der Waals surface area contributed by atoms with E-state index in [1.807, 2.05) is 53.2 Å². The molecular weight excluding hydrogens is 380 g/mol. The van der Waals surface area contributed by atoms with Gasteiger partial charge in [-0.05, 0) is 29.2 Å². The summed E-state index contributed by atoms with van der Waals surface area (Å²) >= 11 is 0. The first-order valence-electron chi connectivity index (χ1n) is 10.1. The SMILES string of the molecule is CCCCn1c(=O)cc(COC)n1Cc1ccc(-c2ccccc2)c(C(=O)OC)c1. The molecule has 0 aliphatic rings. The number of unbranched alkanes of at least 4 members (excludes halogenated alkanes) is 1. The van der Waals surface area contributed by atoms with Gasteiger partial charge in [0, 0.05) is 19.7 Å². The average molecular weight is 408 g/mol. The lowest BCUT2D eigenvalue weighted by Gasteiger charge is -2.16. The molecule has 6 nitrogen and oxygen atoms in total. The van der Waals surface area contributed by atoms with E-state index in [-0.39, 0.29) is 11.5 Å². The third-order valence-corrected chi connectivity index (χ3v) is 5.09. The first-order chi connectivity index (χ1) is 14.6. The summed E-state index contributed by atoms with van der Waals surface area (Å²) in [6, 6.07) is 17.1. The van der Waals surface area contributed by atoms with Gasteiger partial charge in [0.2, 0.25) is 0 Å². The molecule has 2 aromatic carbocycles. The molecule has 0 N–H and O–H groups in total. The fraction of sp³-hybridized carbons (Fsp3) is 0.333. The van der Waals surface area contributed by atoms with Crippen molar-refractivity contribution in [3.63, 3.8) is 0 Å². The lowest BCUT2D eigenvalue weighted by atomic mass is 9.97. The highest BCUT2D eigenvalue weighted by atomic mass is 16.5. The van der Waals surface area contributed by atoms with Crippen molar-refractivity contribution in [3.8, 4) is 11.1 Å². The molecule has 0 radical (unpaired) electrons. The van der Waals surface area contributed by atoms with Crippen LogP contribution < -0.4 is 5.56 Å². The second-order valence-electron chi connectivity index (χ2n) is 7.18. The van der Waals surface area contributed by atoms with Gasteiger partial charge in [0.25, 0.3) is 5.56 Å². The molecule has 0 bridgehead atoms. The van der Waals surface area contributed by atoms with Gasteiger partial charge < -0.3 is 9.47 Å². The summed E-state index contributed by atoms with van der Waals surface area (Å²) in [5.41, 5.74) is 3.96. The number of methoxy groups -OCH3 is 2. The van der Waals surface area contributed by atoms with Gasteiger partial charge in [-0.2, -0.15) is 0 Å². The molecule has 0 saturated heterocycles. The number of hydrogen-bond donors (Lipinski definition) is 0. The smallest absolute Gasteiger partial charge is 0.338 e. The average Bonchev–Trinajstić information content (AvgIpc) is 3.06. The van der Waals surface area contributed by atoms with Crippen molar-refractivity contribution in [2.24, 2.45) is 0 Å². The number of carbonyl (C=O) groups is 1. The summed E-state index contributed by atoms with van der Waals surface area (Å²) in [5, 5.41) is 0. The van der Waals surface area contributed by atoms with Crippen LogP contribution in [0.4, 0.5) is 0 Å². The third kappa shape index (κ3) is 4.71. The molecule has 1 aromatic heterocycles. The first-order valence-corrected chi connectivity index (χ1v) is 10.1. The molecule has 0 amide bonds. The van der Waals surface area contributed by atoms with Gasteiger partial charge in [-0.1, -0.05) is 55.8 Å². The van der Waals surface area contributed by atoms with Crippen molar-refractivity contribution < 1.29 is 14.3 Å². The van der Waals surface area contributed by atoms with E-state index in [2.05, 4.69) is 6.92 Å². The number of aromatic nitrogens is 2. The lowest BCUT2D eigenvalue weighted by molar-refractivity contribution is 0.0601.